The molecule has 1 fully saturated rings. The molecule has 0 spiro atoms. The van der Waals surface area contributed by atoms with Crippen LogP contribution in [0.4, 0.5) is 0 Å². The molecular weight excluding hydrogens is 292 g/mol. The van der Waals surface area contributed by atoms with Crippen LogP contribution in [0.2, 0.25) is 0 Å². The summed E-state index contributed by atoms with van der Waals surface area (Å²) >= 11 is 0. The van der Waals surface area contributed by atoms with Gasteiger partial charge >= 0.3 is 0 Å². The van der Waals surface area contributed by atoms with Gasteiger partial charge in [-0.15, -0.1) is 0 Å². The van der Waals surface area contributed by atoms with Gasteiger partial charge in [-0.25, -0.2) is 4.98 Å². The van der Waals surface area contributed by atoms with Crippen LogP contribution >= 0.6 is 0 Å². The van der Waals surface area contributed by atoms with Crippen molar-refractivity contribution in [1.29, 1.82) is 0 Å². The van der Waals surface area contributed by atoms with Gasteiger partial charge in [-0.05, 0) is 45.6 Å². The molecule has 3 heterocycles. The van der Waals surface area contributed by atoms with E-state index >= 15 is 0 Å². The van der Waals surface area contributed by atoms with Gasteiger partial charge in [0.25, 0.3) is 5.91 Å². The van der Waals surface area contributed by atoms with Crippen LogP contribution in [0.5, 0.6) is 0 Å². The molecule has 1 N–H and O–H groups in total. The van der Waals surface area contributed by atoms with Gasteiger partial charge in [0.1, 0.15) is 5.82 Å². The minimum absolute atomic E-state index is 0.00648. The van der Waals surface area contributed by atoms with Crippen molar-refractivity contribution < 1.29 is 4.79 Å². The maximum absolute atomic E-state index is 13.1. The molecule has 3 rings (SSSR count). The first-order chi connectivity index (χ1) is 11.1. The molecule has 0 radical (unpaired) electrons. The molecule has 23 heavy (non-hydrogen) atoms. The van der Waals surface area contributed by atoms with Crippen LogP contribution in [0.25, 0.3) is 0 Å². The van der Waals surface area contributed by atoms with Gasteiger partial charge in [0, 0.05) is 6.54 Å². The second-order valence-corrected chi connectivity index (χ2v) is 5.99. The fourth-order valence-corrected chi connectivity index (χ4v) is 3.07. The summed E-state index contributed by atoms with van der Waals surface area (Å²) in [6, 6.07) is 1.77. The summed E-state index contributed by atoms with van der Waals surface area (Å²) in [7, 11) is 0. The van der Waals surface area contributed by atoms with Crippen LogP contribution in [-0.4, -0.2) is 42.7 Å². The molecule has 1 amide bonds. The Morgan fingerprint density at radius 1 is 1.35 bits per heavy atom. The van der Waals surface area contributed by atoms with Gasteiger partial charge in [0.2, 0.25) is 0 Å². The molecule has 0 bridgehead atoms. The highest BCUT2D eigenvalue weighted by atomic mass is 16.2. The number of hydrogen-bond acceptors (Lipinski definition) is 5. The van der Waals surface area contributed by atoms with Gasteiger partial charge in [0.05, 0.1) is 23.0 Å². The van der Waals surface area contributed by atoms with E-state index in [4.69, 9.17) is 0 Å². The molecule has 2 aromatic rings. The molecule has 7 heteroatoms. The molecule has 2 aromatic heterocycles. The number of piperidine rings is 1. The van der Waals surface area contributed by atoms with Crippen molar-refractivity contribution in [3.63, 3.8) is 0 Å². The van der Waals surface area contributed by atoms with Crippen molar-refractivity contribution >= 4 is 5.91 Å². The smallest absolute Gasteiger partial charge is 0.256 e. The van der Waals surface area contributed by atoms with Gasteiger partial charge in [-0.3, -0.25) is 9.89 Å². The molecule has 0 aromatic carbocycles. The maximum atomic E-state index is 13.1. The molecule has 1 unspecified atom stereocenters. The monoisotopic (exact) mass is 314 g/mol. The van der Waals surface area contributed by atoms with Crippen molar-refractivity contribution in [1.82, 2.24) is 30.3 Å². The molecular formula is C16H22N6O. The number of nitrogens with one attached hydrogen (secondary N) is 1. The van der Waals surface area contributed by atoms with Crippen LogP contribution in [0.15, 0.2) is 6.07 Å². The number of H-pyrrole nitrogens is 1. The van der Waals surface area contributed by atoms with E-state index in [0.29, 0.717) is 17.8 Å². The third kappa shape index (κ3) is 3.09. The minimum atomic E-state index is -0.0700. The predicted molar refractivity (Wildman–Crippen MR) is 84.9 cm³/mol. The number of nitrogens with zero attached hydrogens (tertiary/aromatic N) is 5. The summed E-state index contributed by atoms with van der Waals surface area (Å²) < 4.78 is 0. The topological polar surface area (TPSA) is 87.7 Å². The van der Waals surface area contributed by atoms with Crippen molar-refractivity contribution in [2.75, 3.05) is 6.54 Å². The number of aryl methyl sites for hydroxylation is 3. The number of carbonyl (C=O) groups excluding carboxylic acids is 1. The number of rotatable bonds is 3. The van der Waals surface area contributed by atoms with E-state index in [9.17, 15) is 4.79 Å². The number of amides is 1. The Kier molecular flexibility index (Phi) is 4.36. The second-order valence-electron chi connectivity index (χ2n) is 5.99. The molecule has 1 atom stereocenters. The minimum Gasteiger partial charge on any atom is -0.328 e. The molecule has 0 aliphatic carbocycles. The molecule has 1 aliphatic rings. The van der Waals surface area contributed by atoms with Crippen LogP contribution < -0.4 is 0 Å². The Labute approximate surface area is 135 Å². The maximum Gasteiger partial charge on any atom is 0.256 e. The largest absolute Gasteiger partial charge is 0.328 e. The molecule has 122 valence electrons. The Hall–Kier alpha value is -2.31. The lowest BCUT2D eigenvalue weighted by Crippen LogP contribution is -2.39. The highest BCUT2D eigenvalue weighted by Crippen LogP contribution is 2.30. The van der Waals surface area contributed by atoms with E-state index in [1.807, 2.05) is 31.7 Å². The van der Waals surface area contributed by atoms with Gasteiger partial charge in [-0.2, -0.15) is 15.3 Å². The van der Waals surface area contributed by atoms with E-state index in [1.54, 1.807) is 0 Å². The van der Waals surface area contributed by atoms with Crippen molar-refractivity contribution in [2.24, 2.45) is 0 Å². The lowest BCUT2D eigenvalue weighted by Gasteiger charge is -2.34. The predicted octanol–water partition coefficient (Wildman–Crippen LogP) is 2.14. The van der Waals surface area contributed by atoms with Gasteiger partial charge in [-0.1, -0.05) is 6.92 Å². The lowest BCUT2D eigenvalue weighted by molar-refractivity contribution is 0.0598. The summed E-state index contributed by atoms with van der Waals surface area (Å²) in [6.07, 6.45) is 3.66. The number of hydrogen-bond donors (Lipinski definition) is 1. The number of aromatic nitrogens is 5. The summed E-state index contributed by atoms with van der Waals surface area (Å²) in [5, 5.41) is 15.4. The zero-order valence-electron chi connectivity index (χ0n) is 13.8. The van der Waals surface area contributed by atoms with Crippen LogP contribution in [0, 0.1) is 13.8 Å². The third-order valence-electron chi connectivity index (χ3n) is 4.23. The molecule has 1 aliphatic heterocycles. The fourth-order valence-electron chi connectivity index (χ4n) is 3.07. The van der Waals surface area contributed by atoms with Gasteiger partial charge in [0.15, 0.2) is 5.82 Å². The number of likely N-dealkylation sites (tertiary alicyclic amines) is 1. The number of aromatic amines is 1. The third-order valence-corrected chi connectivity index (χ3v) is 4.23. The normalized spacial score (nSPS) is 18.2. The first-order valence-electron chi connectivity index (χ1n) is 8.13. The lowest BCUT2D eigenvalue weighted by atomic mass is 9.99. The SMILES string of the molecule is CCc1nnc(C)cc1C(=O)N1CCCCC1c1n[nH]c(C)n1. The van der Waals surface area contributed by atoms with Crippen molar-refractivity contribution in [3.05, 3.63) is 34.7 Å². The summed E-state index contributed by atoms with van der Waals surface area (Å²) in [5.74, 6) is 1.48. The molecule has 1 saturated heterocycles. The summed E-state index contributed by atoms with van der Waals surface area (Å²) in [6.45, 7) is 6.44. The fraction of sp³-hybridized carbons (Fsp3) is 0.562. The molecule has 0 saturated carbocycles. The van der Waals surface area contributed by atoms with E-state index in [1.165, 1.54) is 0 Å². The summed E-state index contributed by atoms with van der Waals surface area (Å²) in [4.78, 5) is 19.4. The Morgan fingerprint density at radius 2 is 2.17 bits per heavy atom. The zero-order chi connectivity index (χ0) is 16.4. The van der Waals surface area contributed by atoms with E-state index in [2.05, 4.69) is 25.4 Å². The summed E-state index contributed by atoms with van der Waals surface area (Å²) in [5.41, 5.74) is 2.16. The first kappa shape index (κ1) is 15.6. The number of carbonyl (C=O) groups is 1. The first-order valence-corrected chi connectivity index (χ1v) is 8.13. The van der Waals surface area contributed by atoms with E-state index in [-0.39, 0.29) is 11.9 Å². The van der Waals surface area contributed by atoms with Crippen LogP contribution in [-0.2, 0) is 6.42 Å². The van der Waals surface area contributed by atoms with Crippen molar-refractivity contribution in [3.8, 4) is 0 Å². The highest BCUT2D eigenvalue weighted by molar-refractivity contribution is 5.95. The zero-order valence-corrected chi connectivity index (χ0v) is 13.8. The Balaban J connectivity index is 1.94. The Bertz CT molecular complexity index is 710. The standard InChI is InChI=1S/C16H22N6O/c1-4-13-12(9-10(2)18-20-13)16(23)22-8-6-5-7-14(22)15-17-11(3)19-21-15/h9,14H,4-8H2,1-3H3,(H,17,19,21). The van der Waals surface area contributed by atoms with Crippen LogP contribution in [0.1, 0.15) is 65.6 Å². The Morgan fingerprint density at radius 3 is 2.87 bits per heavy atom. The highest BCUT2D eigenvalue weighted by Gasteiger charge is 2.32. The quantitative estimate of drug-likeness (QED) is 0.937. The average Bonchev–Trinajstić information content (AvgIpc) is 3.00. The average molecular weight is 314 g/mol. The molecule has 7 nitrogen and oxygen atoms in total. The van der Waals surface area contributed by atoms with Crippen LogP contribution in [0.3, 0.4) is 0 Å². The van der Waals surface area contributed by atoms with Gasteiger partial charge < -0.3 is 4.90 Å². The van der Waals surface area contributed by atoms with E-state index in [0.717, 1.165) is 43.0 Å². The van der Waals surface area contributed by atoms with E-state index < -0.39 is 0 Å². The second kappa shape index (κ2) is 6.44. The van der Waals surface area contributed by atoms with Crippen molar-refractivity contribution in [2.45, 2.75) is 52.5 Å².